The Bertz CT molecular complexity index is 374. The number of aromatic amines is 1. The van der Waals surface area contributed by atoms with Crippen molar-refractivity contribution in [3.63, 3.8) is 0 Å². The fourth-order valence-electron chi connectivity index (χ4n) is 2.47. The molecule has 1 aliphatic rings. The molecule has 0 bridgehead atoms. The van der Waals surface area contributed by atoms with Crippen molar-refractivity contribution in [3.8, 4) is 0 Å². The van der Waals surface area contributed by atoms with E-state index < -0.39 is 0 Å². The van der Waals surface area contributed by atoms with E-state index in [9.17, 15) is 4.79 Å². The zero-order chi connectivity index (χ0) is 13.0. The van der Waals surface area contributed by atoms with E-state index in [1.165, 1.54) is 31.0 Å². The van der Waals surface area contributed by atoms with Gasteiger partial charge >= 0.3 is 0 Å². The summed E-state index contributed by atoms with van der Waals surface area (Å²) in [5.41, 5.74) is 0. The predicted molar refractivity (Wildman–Crippen MR) is 73.5 cm³/mol. The largest absolute Gasteiger partial charge is 0.342 e. The van der Waals surface area contributed by atoms with Gasteiger partial charge in [-0.3, -0.25) is 4.79 Å². The van der Waals surface area contributed by atoms with E-state index in [0.29, 0.717) is 6.04 Å². The van der Waals surface area contributed by atoms with E-state index in [4.69, 9.17) is 0 Å². The van der Waals surface area contributed by atoms with E-state index in [1.807, 2.05) is 18.9 Å². The Hall–Kier alpha value is -0.970. The number of carbonyl (C=O) groups excluding carboxylic acids is 1. The quantitative estimate of drug-likeness (QED) is 0.853. The van der Waals surface area contributed by atoms with Crippen LogP contribution in [0.5, 0.6) is 0 Å². The molecule has 1 saturated carbocycles. The zero-order valence-electron chi connectivity index (χ0n) is 11.1. The second-order valence-electron chi connectivity index (χ2n) is 4.90. The third-order valence-corrected chi connectivity index (χ3v) is 4.58. The number of thioether (sulfide) groups is 1. The lowest BCUT2D eigenvalue weighted by molar-refractivity contribution is -0.131. The first-order chi connectivity index (χ1) is 8.68. The number of nitrogens with one attached hydrogen (secondary N) is 1. The molecule has 0 spiro atoms. The molecule has 0 saturated heterocycles. The Kier molecular flexibility index (Phi) is 4.69. The molecule has 1 fully saturated rings. The van der Waals surface area contributed by atoms with Crippen molar-refractivity contribution >= 4 is 17.7 Å². The van der Waals surface area contributed by atoms with Crippen molar-refractivity contribution < 1.29 is 4.79 Å². The zero-order valence-corrected chi connectivity index (χ0v) is 11.9. The van der Waals surface area contributed by atoms with Crippen LogP contribution in [0.3, 0.4) is 0 Å². The molecular formula is C13H21N3OS. The van der Waals surface area contributed by atoms with E-state index in [0.717, 1.165) is 18.0 Å². The summed E-state index contributed by atoms with van der Waals surface area (Å²) in [4.78, 5) is 21.4. The Labute approximate surface area is 113 Å². The van der Waals surface area contributed by atoms with Crippen LogP contribution in [0.25, 0.3) is 0 Å². The Balaban J connectivity index is 1.88. The van der Waals surface area contributed by atoms with Gasteiger partial charge in [0.2, 0.25) is 5.91 Å². The van der Waals surface area contributed by atoms with Crippen LogP contribution in [0.2, 0.25) is 0 Å². The Morgan fingerprint density at radius 1 is 1.50 bits per heavy atom. The van der Waals surface area contributed by atoms with Gasteiger partial charge in [0.15, 0.2) is 5.16 Å². The summed E-state index contributed by atoms with van der Waals surface area (Å²) >= 11 is 1.49. The fraction of sp³-hybridized carbons (Fsp3) is 0.692. The third-order valence-electron chi connectivity index (χ3n) is 3.58. The maximum Gasteiger partial charge on any atom is 0.235 e. The lowest BCUT2D eigenvalue weighted by atomic mass is 9.94. The van der Waals surface area contributed by atoms with Gasteiger partial charge in [0.1, 0.15) is 0 Å². The van der Waals surface area contributed by atoms with Crippen LogP contribution in [0, 0.1) is 0 Å². The average Bonchev–Trinajstić information content (AvgIpc) is 2.91. The molecule has 1 amide bonds. The Morgan fingerprint density at radius 3 is 2.83 bits per heavy atom. The maximum absolute atomic E-state index is 12.3. The SMILES string of the molecule is C[C@@H](Sc1ncc[nH]1)C(=O)N(C)C1CCCCC1. The van der Waals surface area contributed by atoms with Gasteiger partial charge in [-0.15, -0.1) is 0 Å². The molecule has 100 valence electrons. The molecule has 1 aromatic rings. The topological polar surface area (TPSA) is 49.0 Å². The van der Waals surface area contributed by atoms with Crippen LogP contribution < -0.4 is 0 Å². The molecule has 18 heavy (non-hydrogen) atoms. The average molecular weight is 267 g/mol. The molecule has 0 aliphatic heterocycles. The van der Waals surface area contributed by atoms with Crippen LogP contribution >= 0.6 is 11.8 Å². The van der Waals surface area contributed by atoms with Gasteiger partial charge in [0.05, 0.1) is 5.25 Å². The van der Waals surface area contributed by atoms with Crippen LogP contribution in [0.4, 0.5) is 0 Å². The van der Waals surface area contributed by atoms with E-state index in [2.05, 4.69) is 9.97 Å². The molecule has 2 rings (SSSR count). The smallest absolute Gasteiger partial charge is 0.235 e. The number of carbonyl (C=O) groups is 1. The number of imidazole rings is 1. The predicted octanol–water partition coefficient (Wildman–Crippen LogP) is 2.68. The highest BCUT2D eigenvalue weighted by molar-refractivity contribution is 8.00. The van der Waals surface area contributed by atoms with E-state index in [1.54, 1.807) is 12.4 Å². The number of hydrogen-bond acceptors (Lipinski definition) is 3. The van der Waals surface area contributed by atoms with E-state index >= 15 is 0 Å². The minimum Gasteiger partial charge on any atom is -0.342 e. The van der Waals surface area contributed by atoms with Crippen molar-refractivity contribution in [2.75, 3.05) is 7.05 Å². The first kappa shape index (κ1) is 13.5. The molecule has 4 nitrogen and oxygen atoms in total. The van der Waals surface area contributed by atoms with Crippen molar-refractivity contribution in [3.05, 3.63) is 12.4 Å². The summed E-state index contributed by atoms with van der Waals surface area (Å²) in [5.74, 6) is 0.211. The number of aromatic nitrogens is 2. The normalized spacial score (nSPS) is 18.6. The second kappa shape index (κ2) is 6.27. The van der Waals surface area contributed by atoms with Crippen molar-refractivity contribution in [1.29, 1.82) is 0 Å². The number of amides is 1. The lowest BCUT2D eigenvalue weighted by Gasteiger charge is -2.32. The fourth-order valence-corrected chi connectivity index (χ4v) is 3.33. The molecule has 5 heteroatoms. The van der Waals surface area contributed by atoms with Crippen molar-refractivity contribution in [1.82, 2.24) is 14.9 Å². The van der Waals surface area contributed by atoms with E-state index in [-0.39, 0.29) is 11.2 Å². The van der Waals surface area contributed by atoms with Crippen LogP contribution in [-0.4, -0.2) is 39.1 Å². The summed E-state index contributed by atoms with van der Waals surface area (Å²) in [5, 5.41) is 0.732. The Morgan fingerprint density at radius 2 is 2.22 bits per heavy atom. The van der Waals surface area contributed by atoms with Crippen molar-refractivity contribution in [2.45, 2.75) is 55.5 Å². The maximum atomic E-state index is 12.3. The molecule has 1 aliphatic carbocycles. The summed E-state index contributed by atoms with van der Waals surface area (Å²) in [6.45, 7) is 1.95. The minimum atomic E-state index is -0.0805. The monoisotopic (exact) mass is 267 g/mol. The first-order valence-corrected chi connectivity index (χ1v) is 7.49. The molecule has 1 atom stereocenters. The van der Waals surface area contributed by atoms with Crippen LogP contribution in [0.15, 0.2) is 17.6 Å². The first-order valence-electron chi connectivity index (χ1n) is 6.61. The lowest BCUT2D eigenvalue weighted by Crippen LogP contribution is -2.42. The molecule has 1 heterocycles. The standard InChI is InChI=1S/C13H21N3OS/c1-10(18-13-14-8-9-15-13)12(17)16(2)11-6-4-3-5-7-11/h8-11H,3-7H2,1-2H3,(H,14,15)/t10-/m1/s1. The van der Waals surface area contributed by atoms with Gasteiger partial charge < -0.3 is 9.88 Å². The van der Waals surface area contributed by atoms with Crippen LogP contribution in [-0.2, 0) is 4.79 Å². The summed E-state index contributed by atoms with van der Waals surface area (Å²) < 4.78 is 0. The van der Waals surface area contributed by atoms with Gasteiger partial charge in [0.25, 0.3) is 0 Å². The number of H-pyrrole nitrogens is 1. The van der Waals surface area contributed by atoms with Crippen LogP contribution in [0.1, 0.15) is 39.0 Å². The summed E-state index contributed by atoms with van der Waals surface area (Å²) in [6, 6.07) is 0.436. The number of nitrogens with zero attached hydrogens (tertiary/aromatic N) is 2. The molecule has 1 aromatic heterocycles. The molecular weight excluding hydrogens is 246 g/mol. The van der Waals surface area contributed by atoms with Gasteiger partial charge in [-0.2, -0.15) is 0 Å². The summed E-state index contributed by atoms with van der Waals surface area (Å²) in [6.07, 6.45) is 9.62. The van der Waals surface area contributed by atoms with Gasteiger partial charge in [-0.25, -0.2) is 4.98 Å². The highest BCUT2D eigenvalue weighted by Gasteiger charge is 2.26. The van der Waals surface area contributed by atoms with Gasteiger partial charge in [0, 0.05) is 25.5 Å². The third kappa shape index (κ3) is 3.28. The van der Waals surface area contributed by atoms with Gasteiger partial charge in [-0.05, 0) is 19.8 Å². The van der Waals surface area contributed by atoms with Crippen molar-refractivity contribution in [2.24, 2.45) is 0 Å². The molecule has 1 N–H and O–H groups in total. The molecule has 0 unspecified atom stereocenters. The number of rotatable bonds is 4. The highest BCUT2D eigenvalue weighted by Crippen LogP contribution is 2.25. The summed E-state index contributed by atoms with van der Waals surface area (Å²) in [7, 11) is 1.94. The second-order valence-corrected chi connectivity index (χ2v) is 6.22. The highest BCUT2D eigenvalue weighted by atomic mass is 32.2. The van der Waals surface area contributed by atoms with Gasteiger partial charge in [-0.1, -0.05) is 31.0 Å². The number of hydrogen-bond donors (Lipinski definition) is 1. The molecule has 0 radical (unpaired) electrons. The molecule has 0 aromatic carbocycles. The minimum absolute atomic E-state index is 0.0805.